The zero-order chi connectivity index (χ0) is 29.9. The highest BCUT2D eigenvalue weighted by Crippen LogP contribution is 2.33. The molecule has 0 saturated heterocycles. The van der Waals surface area contributed by atoms with Gasteiger partial charge >= 0.3 is 0 Å². The first-order valence-electron chi connectivity index (χ1n) is 13.0. The molecular formula is C29H27FN8O4. The van der Waals surface area contributed by atoms with E-state index in [1.807, 2.05) is 6.92 Å². The van der Waals surface area contributed by atoms with Gasteiger partial charge in [0.25, 0.3) is 5.91 Å². The number of hydrogen-bond acceptors (Lipinski definition) is 10. The Labute approximate surface area is 239 Å². The van der Waals surface area contributed by atoms with Gasteiger partial charge in [-0.1, -0.05) is 0 Å². The van der Waals surface area contributed by atoms with Crippen LogP contribution in [-0.4, -0.2) is 60.5 Å². The first kappa shape index (κ1) is 28.2. The predicted molar refractivity (Wildman–Crippen MR) is 151 cm³/mol. The largest absolute Gasteiger partial charge is 0.491 e. The fourth-order valence-corrected chi connectivity index (χ4v) is 4.11. The lowest BCUT2D eigenvalue weighted by Crippen LogP contribution is -2.42. The van der Waals surface area contributed by atoms with E-state index < -0.39 is 24.2 Å². The van der Waals surface area contributed by atoms with Crippen LogP contribution < -0.4 is 15.4 Å². The van der Waals surface area contributed by atoms with Crippen LogP contribution in [0.3, 0.4) is 0 Å². The Bertz CT molecular complexity index is 1770. The van der Waals surface area contributed by atoms with Crippen LogP contribution in [0.2, 0.25) is 0 Å². The number of carbonyl (C=O) groups is 1. The van der Waals surface area contributed by atoms with Crippen molar-refractivity contribution in [2.24, 2.45) is 0 Å². The quantitative estimate of drug-likeness (QED) is 0.221. The molecule has 0 aliphatic heterocycles. The van der Waals surface area contributed by atoms with Gasteiger partial charge in [0.15, 0.2) is 17.9 Å². The number of carbonyl (C=O) groups excluding carboxylic acids is 1. The van der Waals surface area contributed by atoms with E-state index in [-0.39, 0.29) is 5.56 Å². The van der Waals surface area contributed by atoms with E-state index in [4.69, 9.17) is 9.15 Å². The van der Waals surface area contributed by atoms with E-state index >= 15 is 0 Å². The summed E-state index contributed by atoms with van der Waals surface area (Å²) in [5, 5.41) is 29.2. The van der Waals surface area contributed by atoms with Crippen molar-refractivity contribution in [3.63, 3.8) is 0 Å². The minimum Gasteiger partial charge on any atom is -0.491 e. The standard InChI is InChI=1S/C29H27FN8O4/c1-4-41-24-8-18(12-34-27(24)25-14-32-16-42-25)37-21-9-22(23-6-5-19-7-17(10-31)11-36-38(19)23)33-13-20(21)28(39)35-15-26(30)29(2,3)40/h5-9,11-14,16,26,40H,4,15H2,1-3H3,(H,33,37)(H,35,39)/t26-/m1/s1. The van der Waals surface area contributed by atoms with Gasteiger partial charge in [0.05, 0.1) is 76.7 Å². The van der Waals surface area contributed by atoms with Crippen molar-refractivity contribution in [1.82, 2.24) is 29.9 Å². The third-order valence-corrected chi connectivity index (χ3v) is 6.35. The summed E-state index contributed by atoms with van der Waals surface area (Å²) in [4.78, 5) is 26.1. The lowest BCUT2D eigenvalue weighted by Gasteiger charge is -2.22. The van der Waals surface area contributed by atoms with Gasteiger partial charge in [-0.15, -0.1) is 0 Å². The fourth-order valence-electron chi connectivity index (χ4n) is 4.11. The molecular weight excluding hydrogens is 543 g/mol. The van der Waals surface area contributed by atoms with Crippen LogP contribution in [-0.2, 0) is 0 Å². The van der Waals surface area contributed by atoms with Crippen LogP contribution in [0.4, 0.5) is 15.8 Å². The number of nitriles is 1. The number of anilines is 2. The third-order valence-electron chi connectivity index (χ3n) is 6.35. The SMILES string of the molecule is CCOc1cc(Nc2cc(-c3ccc4cc(C#N)cnn34)ncc2C(=O)NC[C@@H](F)C(C)(C)O)cnc1-c1cnco1. The average molecular weight is 571 g/mol. The number of ether oxygens (including phenoxy) is 1. The van der Waals surface area contributed by atoms with Crippen molar-refractivity contribution in [2.45, 2.75) is 32.5 Å². The Morgan fingerprint density at radius 3 is 2.76 bits per heavy atom. The molecule has 1 atom stereocenters. The molecule has 0 aliphatic rings. The van der Waals surface area contributed by atoms with E-state index in [9.17, 15) is 19.6 Å². The van der Waals surface area contributed by atoms with Crippen molar-refractivity contribution in [3.05, 3.63) is 72.6 Å². The summed E-state index contributed by atoms with van der Waals surface area (Å²) in [6, 6.07) is 10.7. The van der Waals surface area contributed by atoms with Gasteiger partial charge in [-0.05, 0) is 45.0 Å². The monoisotopic (exact) mass is 570 g/mol. The smallest absolute Gasteiger partial charge is 0.255 e. The molecule has 0 saturated carbocycles. The molecule has 3 N–H and O–H groups in total. The molecule has 5 rings (SSSR count). The summed E-state index contributed by atoms with van der Waals surface area (Å²) in [6.07, 6.45) is 5.49. The number of hydrogen-bond donors (Lipinski definition) is 3. The maximum atomic E-state index is 14.4. The molecule has 0 bridgehead atoms. The van der Waals surface area contributed by atoms with Gasteiger partial charge < -0.3 is 24.9 Å². The topological polar surface area (TPSA) is 163 Å². The molecule has 13 heteroatoms. The van der Waals surface area contributed by atoms with E-state index in [0.717, 1.165) is 0 Å². The molecule has 0 aliphatic carbocycles. The minimum absolute atomic E-state index is 0.125. The van der Waals surface area contributed by atoms with Crippen molar-refractivity contribution < 1.29 is 23.4 Å². The molecule has 0 spiro atoms. The minimum atomic E-state index is -1.69. The highest BCUT2D eigenvalue weighted by Gasteiger charge is 2.27. The summed E-state index contributed by atoms with van der Waals surface area (Å²) in [7, 11) is 0. The van der Waals surface area contributed by atoms with Crippen LogP contribution in [0, 0.1) is 11.3 Å². The molecule has 5 aromatic heterocycles. The van der Waals surface area contributed by atoms with E-state index in [2.05, 4.69) is 36.8 Å². The van der Waals surface area contributed by atoms with Crippen LogP contribution in [0.1, 0.15) is 36.7 Å². The number of aromatic nitrogens is 5. The Kier molecular flexibility index (Phi) is 7.81. The first-order chi connectivity index (χ1) is 20.2. The molecule has 12 nitrogen and oxygen atoms in total. The Morgan fingerprint density at radius 2 is 2.05 bits per heavy atom. The number of halogens is 1. The van der Waals surface area contributed by atoms with Crippen molar-refractivity contribution in [1.29, 1.82) is 5.26 Å². The van der Waals surface area contributed by atoms with Crippen molar-refractivity contribution in [3.8, 4) is 34.7 Å². The third kappa shape index (κ3) is 5.89. The maximum absolute atomic E-state index is 14.4. The van der Waals surface area contributed by atoms with Gasteiger partial charge in [-0.25, -0.2) is 18.9 Å². The number of fused-ring (bicyclic) bond motifs is 1. The first-order valence-corrected chi connectivity index (χ1v) is 13.0. The van der Waals surface area contributed by atoms with E-state index in [0.29, 0.717) is 57.7 Å². The van der Waals surface area contributed by atoms with E-state index in [1.165, 1.54) is 38.8 Å². The number of oxazole rings is 1. The number of rotatable bonds is 10. The number of aliphatic hydroxyl groups is 1. The highest BCUT2D eigenvalue weighted by molar-refractivity contribution is 6.00. The molecule has 5 aromatic rings. The van der Waals surface area contributed by atoms with Crippen LogP contribution in [0.15, 0.2) is 65.9 Å². The molecule has 42 heavy (non-hydrogen) atoms. The maximum Gasteiger partial charge on any atom is 0.255 e. The second kappa shape index (κ2) is 11.6. The van der Waals surface area contributed by atoms with Crippen molar-refractivity contribution >= 4 is 22.8 Å². The fraction of sp³-hybridized carbons (Fsp3) is 0.241. The molecule has 1 amide bonds. The van der Waals surface area contributed by atoms with Crippen LogP contribution >= 0.6 is 0 Å². The molecule has 0 radical (unpaired) electrons. The van der Waals surface area contributed by atoms with Gasteiger partial charge in [-0.2, -0.15) is 10.4 Å². The second-order valence-corrected chi connectivity index (χ2v) is 9.85. The van der Waals surface area contributed by atoms with Gasteiger partial charge in [0.1, 0.15) is 17.9 Å². The summed E-state index contributed by atoms with van der Waals surface area (Å²) >= 11 is 0. The zero-order valence-corrected chi connectivity index (χ0v) is 23.0. The molecule has 5 heterocycles. The van der Waals surface area contributed by atoms with Gasteiger partial charge in [0, 0.05) is 12.3 Å². The zero-order valence-electron chi connectivity index (χ0n) is 23.0. The molecule has 214 valence electrons. The number of alkyl halides is 1. The van der Waals surface area contributed by atoms with Crippen LogP contribution in [0.5, 0.6) is 5.75 Å². The second-order valence-electron chi connectivity index (χ2n) is 9.85. The number of nitrogens with zero attached hydrogens (tertiary/aromatic N) is 6. The highest BCUT2D eigenvalue weighted by atomic mass is 19.1. The van der Waals surface area contributed by atoms with Gasteiger partial charge in [-0.3, -0.25) is 9.78 Å². The number of nitrogens with one attached hydrogen (secondary N) is 2. The summed E-state index contributed by atoms with van der Waals surface area (Å²) < 4.78 is 27.2. The summed E-state index contributed by atoms with van der Waals surface area (Å²) in [5.74, 6) is 0.257. The summed E-state index contributed by atoms with van der Waals surface area (Å²) in [5.41, 5.74) is 1.98. The number of amides is 1. The lowest BCUT2D eigenvalue weighted by molar-refractivity contribution is -0.00177. The van der Waals surface area contributed by atoms with Gasteiger partial charge in [0.2, 0.25) is 0 Å². The van der Waals surface area contributed by atoms with Crippen LogP contribution in [0.25, 0.3) is 28.4 Å². The average Bonchev–Trinajstić information content (AvgIpc) is 3.66. The molecule has 0 aromatic carbocycles. The molecule has 0 fully saturated rings. The lowest BCUT2D eigenvalue weighted by atomic mass is 10.0. The Morgan fingerprint density at radius 1 is 1.21 bits per heavy atom. The van der Waals surface area contributed by atoms with E-state index in [1.54, 1.807) is 41.0 Å². The number of pyridine rings is 2. The van der Waals surface area contributed by atoms with Crippen molar-refractivity contribution in [2.75, 3.05) is 18.5 Å². The summed E-state index contributed by atoms with van der Waals surface area (Å²) in [6.45, 7) is 4.46. The Balaban J connectivity index is 1.53. The molecule has 0 unspecified atom stereocenters. The Hall–Kier alpha value is -5.35. The normalized spacial score (nSPS) is 12.1. The predicted octanol–water partition coefficient (Wildman–Crippen LogP) is 4.30.